The van der Waals surface area contributed by atoms with Crippen LogP contribution in [-0.4, -0.2) is 27.5 Å². The molecule has 140 valence electrons. The maximum atomic E-state index is 12.2. The van der Waals surface area contributed by atoms with Crippen molar-refractivity contribution in [1.29, 1.82) is 0 Å². The summed E-state index contributed by atoms with van der Waals surface area (Å²) in [6.07, 6.45) is 2.23. The summed E-state index contributed by atoms with van der Waals surface area (Å²) in [5.74, 6) is -0.392. The number of anilines is 1. The number of carbonyl (C=O) groups is 1. The zero-order valence-electron chi connectivity index (χ0n) is 14.0. The van der Waals surface area contributed by atoms with Gasteiger partial charge in [0.1, 0.15) is 5.75 Å². The number of ether oxygens (including phenoxy) is 1. The molecule has 0 fully saturated rings. The summed E-state index contributed by atoms with van der Waals surface area (Å²) in [4.78, 5) is 26.8. The molecule has 1 aromatic carbocycles. The van der Waals surface area contributed by atoms with Crippen LogP contribution in [0.3, 0.4) is 0 Å². The van der Waals surface area contributed by atoms with E-state index in [-0.39, 0.29) is 22.7 Å². The van der Waals surface area contributed by atoms with E-state index in [1.54, 1.807) is 18.2 Å². The van der Waals surface area contributed by atoms with E-state index in [4.69, 9.17) is 27.9 Å². The van der Waals surface area contributed by atoms with Gasteiger partial charge in [-0.05, 0) is 24.6 Å². The zero-order valence-corrected chi connectivity index (χ0v) is 16.3. The van der Waals surface area contributed by atoms with Crippen LogP contribution < -0.4 is 15.5 Å². The van der Waals surface area contributed by atoms with Crippen molar-refractivity contribution in [2.75, 3.05) is 17.7 Å². The Labute approximate surface area is 163 Å². The molecule has 1 aromatic heterocycles. The van der Waals surface area contributed by atoms with Crippen molar-refractivity contribution in [1.82, 2.24) is 4.98 Å². The maximum absolute atomic E-state index is 12.2. The lowest BCUT2D eigenvalue weighted by Crippen LogP contribution is -2.21. The van der Waals surface area contributed by atoms with Crippen molar-refractivity contribution in [3.8, 4) is 5.75 Å². The number of carbonyl (C=O) groups excluding carboxylic acids is 1. The fourth-order valence-electron chi connectivity index (χ4n) is 2.10. The minimum atomic E-state index is -1.49. The average Bonchev–Trinajstić information content (AvgIpc) is 2.52. The summed E-state index contributed by atoms with van der Waals surface area (Å²) in [6, 6.07) is 5.96. The van der Waals surface area contributed by atoms with Crippen molar-refractivity contribution in [3.05, 3.63) is 56.4 Å². The van der Waals surface area contributed by atoms with Crippen LogP contribution in [-0.2, 0) is 21.3 Å². The number of aromatic nitrogens is 1. The normalized spacial score (nSPS) is 11.8. The Kier molecular flexibility index (Phi) is 7.68. The number of pyridine rings is 1. The van der Waals surface area contributed by atoms with E-state index in [2.05, 4.69) is 10.3 Å². The number of halogens is 2. The van der Waals surface area contributed by atoms with Gasteiger partial charge in [-0.2, -0.15) is 0 Å². The lowest BCUT2D eigenvalue weighted by molar-refractivity contribution is -0.113. The van der Waals surface area contributed by atoms with Gasteiger partial charge in [0.25, 0.3) is 0 Å². The average molecular weight is 417 g/mol. The van der Waals surface area contributed by atoms with E-state index in [9.17, 15) is 13.8 Å². The van der Waals surface area contributed by atoms with Gasteiger partial charge in [-0.25, -0.2) is 0 Å². The molecule has 1 heterocycles. The molecule has 1 atom stereocenters. The molecule has 0 bridgehead atoms. The summed E-state index contributed by atoms with van der Waals surface area (Å²) in [7, 11) is -1.49. The predicted octanol–water partition coefficient (Wildman–Crippen LogP) is 3.36. The number of benzene rings is 1. The first-order valence-electron chi connectivity index (χ1n) is 7.82. The van der Waals surface area contributed by atoms with Gasteiger partial charge >= 0.3 is 0 Å². The second-order valence-corrected chi connectivity index (χ2v) is 7.80. The second kappa shape index (κ2) is 9.75. The Bertz CT molecular complexity index is 850. The molecule has 0 aliphatic carbocycles. The minimum Gasteiger partial charge on any atom is -0.488 e. The van der Waals surface area contributed by atoms with Gasteiger partial charge in [-0.15, -0.1) is 0 Å². The van der Waals surface area contributed by atoms with Crippen LogP contribution in [0.15, 0.2) is 35.3 Å². The van der Waals surface area contributed by atoms with Gasteiger partial charge in [0.15, 0.2) is 5.75 Å². The third-order valence-electron chi connectivity index (χ3n) is 3.15. The summed E-state index contributed by atoms with van der Waals surface area (Å²) in [5.41, 5.74) is 0.605. The summed E-state index contributed by atoms with van der Waals surface area (Å²) in [6.45, 7) is 2.39. The van der Waals surface area contributed by atoms with Crippen molar-refractivity contribution >= 4 is 45.6 Å². The highest BCUT2D eigenvalue weighted by Crippen LogP contribution is 2.22. The zero-order chi connectivity index (χ0) is 19.1. The smallest absolute Gasteiger partial charge is 0.237 e. The van der Waals surface area contributed by atoms with Crippen LogP contribution in [0.2, 0.25) is 10.0 Å². The first-order valence-corrected chi connectivity index (χ1v) is 10.1. The Morgan fingerprint density at radius 3 is 2.54 bits per heavy atom. The van der Waals surface area contributed by atoms with Crippen LogP contribution in [0.4, 0.5) is 5.69 Å². The van der Waals surface area contributed by atoms with E-state index in [0.717, 1.165) is 6.42 Å². The first kappa shape index (κ1) is 20.5. The molecule has 2 rings (SSSR count). The summed E-state index contributed by atoms with van der Waals surface area (Å²) < 4.78 is 17.5. The highest BCUT2D eigenvalue weighted by molar-refractivity contribution is 7.84. The van der Waals surface area contributed by atoms with Crippen LogP contribution in [0.5, 0.6) is 5.75 Å². The number of H-pyrrole nitrogens is 1. The fraction of sp³-hybridized carbons (Fsp3) is 0.294. The van der Waals surface area contributed by atoms with Gasteiger partial charge in [0.2, 0.25) is 11.3 Å². The molecule has 26 heavy (non-hydrogen) atoms. The molecular formula is C17H18Cl2N2O4S. The van der Waals surface area contributed by atoms with Crippen molar-refractivity contribution < 1.29 is 13.7 Å². The second-order valence-electron chi connectivity index (χ2n) is 5.47. The molecule has 0 radical (unpaired) electrons. The Morgan fingerprint density at radius 2 is 1.92 bits per heavy atom. The number of hydrogen-bond donors (Lipinski definition) is 2. The molecule has 0 saturated carbocycles. The summed E-state index contributed by atoms with van der Waals surface area (Å²) in [5, 5.41) is 3.36. The Morgan fingerprint density at radius 1 is 1.23 bits per heavy atom. The van der Waals surface area contributed by atoms with Gasteiger partial charge in [-0.3, -0.25) is 13.8 Å². The minimum absolute atomic E-state index is 0.0486. The van der Waals surface area contributed by atoms with Crippen molar-refractivity contribution in [3.63, 3.8) is 0 Å². The first-order chi connectivity index (χ1) is 12.4. The lowest BCUT2D eigenvalue weighted by atomic mass is 10.3. The van der Waals surface area contributed by atoms with E-state index >= 15 is 0 Å². The van der Waals surface area contributed by atoms with Crippen LogP contribution >= 0.6 is 23.2 Å². The number of hydrogen-bond acceptors (Lipinski definition) is 4. The largest absolute Gasteiger partial charge is 0.488 e. The third kappa shape index (κ3) is 6.48. The molecule has 0 aliphatic rings. The highest BCUT2D eigenvalue weighted by Gasteiger charge is 2.11. The van der Waals surface area contributed by atoms with E-state index in [1.807, 2.05) is 6.92 Å². The Hall–Kier alpha value is -1.83. The SMILES string of the molecule is CCCOc1c[nH]c(CS(=O)CC(=O)Nc2cc(Cl)cc(Cl)c2)cc1=O. The lowest BCUT2D eigenvalue weighted by Gasteiger charge is -2.07. The summed E-state index contributed by atoms with van der Waals surface area (Å²) >= 11 is 11.7. The van der Waals surface area contributed by atoms with Gasteiger partial charge in [0, 0.05) is 44.5 Å². The molecule has 1 unspecified atom stereocenters. The molecule has 9 heteroatoms. The number of nitrogens with one attached hydrogen (secondary N) is 2. The predicted molar refractivity (Wildman–Crippen MR) is 105 cm³/mol. The molecule has 1 amide bonds. The number of rotatable bonds is 8. The Balaban J connectivity index is 1.92. The third-order valence-corrected chi connectivity index (χ3v) is 4.81. The molecule has 0 spiro atoms. The maximum Gasteiger partial charge on any atom is 0.237 e. The fourth-order valence-corrected chi connectivity index (χ4v) is 3.61. The molecule has 0 saturated heterocycles. The monoisotopic (exact) mass is 416 g/mol. The number of amides is 1. The molecule has 0 aliphatic heterocycles. The molecule has 2 N–H and O–H groups in total. The van der Waals surface area contributed by atoms with Crippen LogP contribution in [0, 0.1) is 0 Å². The van der Waals surface area contributed by atoms with E-state index in [1.165, 1.54) is 12.3 Å². The molecular weight excluding hydrogens is 399 g/mol. The standard InChI is InChI=1S/C17H18Cl2N2O4S/c1-2-3-25-16-8-20-14(7-15(16)22)9-26(24)10-17(23)21-13-5-11(18)4-12(19)6-13/h4-8H,2-3,9-10H2,1H3,(H,20,22)(H,21,23). The van der Waals surface area contributed by atoms with Crippen LogP contribution in [0.25, 0.3) is 0 Å². The van der Waals surface area contributed by atoms with E-state index in [0.29, 0.717) is 28.0 Å². The number of aromatic amines is 1. The van der Waals surface area contributed by atoms with Crippen molar-refractivity contribution in [2.45, 2.75) is 19.1 Å². The topological polar surface area (TPSA) is 88.3 Å². The molecule has 6 nitrogen and oxygen atoms in total. The van der Waals surface area contributed by atoms with Gasteiger partial charge in [-0.1, -0.05) is 30.1 Å². The van der Waals surface area contributed by atoms with Gasteiger partial charge in [0.05, 0.1) is 12.4 Å². The molecule has 2 aromatic rings. The van der Waals surface area contributed by atoms with Crippen LogP contribution in [0.1, 0.15) is 19.0 Å². The van der Waals surface area contributed by atoms with Gasteiger partial charge < -0.3 is 15.0 Å². The van der Waals surface area contributed by atoms with Crippen molar-refractivity contribution in [2.24, 2.45) is 0 Å². The van der Waals surface area contributed by atoms with E-state index < -0.39 is 16.7 Å². The highest BCUT2D eigenvalue weighted by atomic mass is 35.5. The quantitative estimate of drug-likeness (QED) is 0.690.